The average Bonchev–Trinajstić information content (AvgIpc) is 2.26. The molecule has 1 aromatic rings. The van der Waals surface area contributed by atoms with Crippen molar-refractivity contribution in [1.82, 2.24) is 5.32 Å². The minimum atomic E-state index is -0.100. The highest BCUT2D eigenvalue weighted by Gasteiger charge is 1.96. The van der Waals surface area contributed by atoms with Crippen molar-refractivity contribution >= 4 is 5.91 Å². The maximum absolute atomic E-state index is 10.6. The molecule has 0 atom stereocenters. The third-order valence-electron chi connectivity index (χ3n) is 2.02. The number of benzene rings is 1. The van der Waals surface area contributed by atoms with Crippen LogP contribution in [0, 0.1) is 30.1 Å². The summed E-state index contributed by atoms with van der Waals surface area (Å²) in [5.41, 5.74) is 2.44. The van der Waals surface area contributed by atoms with Crippen LogP contribution in [0.3, 0.4) is 0 Å². The summed E-state index contributed by atoms with van der Waals surface area (Å²) in [6, 6.07) is 7.43. The van der Waals surface area contributed by atoms with Crippen LogP contribution in [0.25, 0.3) is 0 Å². The van der Waals surface area contributed by atoms with Gasteiger partial charge in [-0.1, -0.05) is 17.9 Å². The van der Waals surface area contributed by atoms with Crippen LogP contribution in [-0.4, -0.2) is 12.5 Å². The molecule has 1 rings (SSSR count). The molecule has 0 radical (unpaired) electrons. The zero-order valence-corrected chi connectivity index (χ0v) is 9.29. The molecule has 0 spiro atoms. The first kappa shape index (κ1) is 11.8. The smallest absolute Gasteiger partial charge is 0.217 e. The second kappa shape index (κ2) is 5.58. The molecule has 1 amide bonds. The SMILES string of the molecule is CC(=O)NCC#Cc1cc(C#N)ccc1C. The third-order valence-corrected chi connectivity index (χ3v) is 2.02. The van der Waals surface area contributed by atoms with Crippen molar-refractivity contribution in [3.63, 3.8) is 0 Å². The van der Waals surface area contributed by atoms with Gasteiger partial charge in [0, 0.05) is 12.5 Å². The lowest BCUT2D eigenvalue weighted by Crippen LogP contribution is -2.19. The molecule has 1 N–H and O–H groups in total. The normalized spacial score (nSPS) is 8.56. The predicted molar refractivity (Wildman–Crippen MR) is 61.5 cm³/mol. The van der Waals surface area contributed by atoms with Gasteiger partial charge in [0.2, 0.25) is 5.91 Å². The first-order chi connectivity index (χ1) is 7.63. The van der Waals surface area contributed by atoms with Gasteiger partial charge in [-0.2, -0.15) is 5.26 Å². The standard InChI is InChI=1S/C13H12N2O/c1-10-5-6-12(9-14)8-13(10)4-3-7-15-11(2)16/h5-6,8H,7H2,1-2H3,(H,15,16). The number of carbonyl (C=O) groups is 1. The first-order valence-corrected chi connectivity index (χ1v) is 4.87. The molecule has 0 unspecified atom stereocenters. The van der Waals surface area contributed by atoms with Gasteiger partial charge in [-0.05, 0) is 24.6 Å². The van der Waals surface area contributed by atoms with E-state index in [9.17, 15) is 4.79 Å². The maximum atomic E-state index is 10.6. The molecule has 0 heterocycles. The van der Waals surface area contributed by atoms with Crippen molar-refractivity contribution in [3.8, 4) is 17.9 Å². The predicted octanol–water partition coefficient (Wildman–Crippen LogP) is 1.35. The Morgan fingerprint density at radius 1 is 1.50 bits per heavy atom. The maximum Gasteiger partial charge on any atom is 0.217 e. The average molecular weight is 212 g/mol. The summed E-state index contributed by atoms with van der Waals surface area (Å²) in [5.74, 6) is 5.66. The molecular weight excluding hydrogens is 200 g/mol. The number of nitrogens with zero attached hydrogens (tertiary/aromatic N) is 1. The van der Waals surface area contributed by atoms with Crippen LogP contribution in [-0.2, 0) is 4.79 Å². The Balaban J connectivity index is 2.80. The molecule has 1 aromatic carbocycles. The van der Waals surface area contributed by atoms with Crippen molar-refractivity contribution in [1.29, 1.82) is 5.26 Å². The van der Waals surface area contributed by atoms with Crippen LogP contribution in [0.1, 0.15) is 23.6 Å². The molecule has 0 aliphatic carbocycles. The van der Waals surface area contributed by atoms with Crippen LogP contribution in [0.4, 0.5) is 0 Å². The number of carbonyl (C=O) groups excluding carboxylic acids is 1. The van der Waals surface area contributed by atoms with E-state index >= 15 is 0 Å². The van der Waals surface area contributed by atoms with Crippen molar-refractivity contribution in [2.24, 2.45) is 0 Å². The van der Waals surface area contributed by atoms with Crippen molar-refractivity contribution in [2.45, 2.75) is 13.8 Å². The number of nitrogens with one attached hydrogen (secondary N) is 1. The number of rotatable bonds is 1. The Hall–Kier alpha value is -2.26. The number of hydrogen-bond donors (Lipinski definition) is 1. The van der Waals surface area contributed by atoms with E-state index in [-0.39, 0.29) is 5.91 Å². The van der Waals surface area contributed by atoms with Gasteiger partial charge >= 0.3 is 0 Å². The lowest BCUT2D eigenvalue weighted by molar-refractivity contribution is -0.118. The van der Waals surface area contributed by atoms with Gasteiger partial charge < -0.3 is 5.32 Å². The fraction of sp³-hybridized carbons (Fsp3) is 0.231. The van der Waals surface area contributed by atoms with Gasteiger partial charge in [-0.25, -0.2) is 0 Å². The zero-order valence-electron chi connectivity index (χ0n) is 9.29. The van der Waals surface area contributed by atoms with E-state index in [0.717, 1.165) is 11.1 Å². The highest BCUT2D eigenvalue weighted by Crippen LogP contribution is 2.08. The molecule has 0 aromatic heterocycles. The van der Waals surface area contributed by atoms with Gasteiger partial charge in [-0.3, -0.25) is 4.79 Å². The van der Waals surface area contributed by atoms with E-state index in [1.165, 1.54) is 6.92 Å². The van der Waals surface area contributed by atoms with Gasteiger partial charge in [0.05, 0.1) is 18.2 Å². The number of amides is 1. The third kappa shape index (κ3) is 3.48. The molecule has 3 heteroatoms. The summed E-state index contributed by atoms with van der Waals surface area (Å²) in [6.45, 7) is 3.71. The van der Waals surface area contributed by atoms with Crippen LogP contribution in [0.15, 0.2) is 18.2 Å². The quantitative estimate of drug-likeness (QED) is 0.714. The van der Waals surface area contributed by atoms with Crippen LogP contribution < -0.4 is 5.32 Å². The topological polar surface area (TPSA) is 52.9 Å². The first-order valence-electron chi connectivity index (χ1n) is 4.87. The Kier molecular flexibility index (Phi) is 4.12. The Labute approximate surface area is 95.1 Å². The number of nitriles is 1. The molecular formula is C13H12N2O. The fourth-order valence-corrected chi connectivity index (χ4v) is 1.13. The summed E-state index contributed by atoms with van der Waals surface area (Å²) >= 11 is 0. The minimum Gasteiger partial charge on any atom is -0.345 e. The molecule has 0 bridgehead atoms. The molecule has 0 saturated carbocycles. The van der Waals surface area contributed by atoms with Crippen molar-refractivity contribution in [2.75, 3.05) is 6.54 Å². The van der Waals surface area contributed by atoms with E-state index in [4.69, 9.17) is 5.26 Å². The molecule has 0 aliphatic heterocycles. The molecule has 3 nitrogen and oxygen atoms in total. The lowest BCUT2D eigenvalue weighted by Gasteiger charge is -1.97. The molecule has 0 fully saturated rings. The molecule has 0 aliphatic rings. The van der Waals surface area contributed by atoms with Crippen LogP contribution in [0.2, 0.25) is 0 Å². The summed E-state index contributed by atoms with van der Waals surface area (Å²) in [6.07, 6.45) is 0. The second-order valence-corrected chi connectivity index (χ2v) is 3.35. The Bertz CT molecular complexity index is 501. The highest BCUT2D eigenvalue weighted by atomic mass is 16.1. The van der Waals surface area contributed by atoms with E-state index in [0.29, 0.717) is 12.1 Å². The van der Waals surface area contributed by atoms with Crippen LogP contribution >= 0.6 is 0 Å². The Morgan fingerprint density at radius 3 is 2.88 bits per heavy atom. The van der Waals surface area contributed by atoms with Gasteiger partial charge in [0.25, 0.3) is 0 Å². The molecule has 16 heavy (non-hydrogen) atoms. The second-order valence-electron chi connectivity index (χ2n) is 3.35. The number of aryl methyl sites for hydroxylation is 1. The largest absolute Gasteiger partial charge is 0.345 e. The minimum absolute atomic E-state index is 0.100. The fourth-order valence-electron chi connectivity index (χ4n) is 1.13. The van der Waals surface area contributed by atoms with Crippen molar-refractivity contribution in [3.05, 3.63) is 34.9 Å². The van der Waals surface area contributed by atoms with E-state index in [1.54, 1.807) is 12.1 Å². The lowest BCUT2D eigenvalue weighted by atomic mass is 10.1. The summed E-state index contributed by atoms with van der Waals surface area (Å²) in [4.78, 5) is 10.6. The number of hydrogen-bond acceptors (Lipinski definition) is 2. The monoisotopic (exact) mass is 212 g/mol. The zero-order chi connectivity index (χ0) is 12.0. The summed E-state index contributed by atoms with van der Waals surface area (Å²) in [7, 11) is 0. The highest BCUT2D eigenvalue weighted by molar-refractivity contribution is 5.73. The summed E-state index contributed by atoms with van der Waals surface area (Å²) in [5, 5.41) is 11.3. The molecule has 80 valence electrons. The van der Waals surface area contributed by atoms with Gasteiger partial charge in [0.1, 0.15) is 0 Å². The van der Waals surface area contributed by atoms with E-state index < -0.39 is 0 Å². The van der Waals surface area contributed by atoms with E-state index in [1.807, 2.05) is 13.0 Å². The Morgan fingerprint density at radius 2 is 2.25 bits per heavy atom. The van der Waals surface area contributed by atoms with Crippen molar-refractivity contribution < 1.29 is 4.79 Å². The molecule has 0 saturated heterocycles. The van der Waals surface area contributed by atoms with Crippen LogP contribution in [0.5, 0.6) is 0 Å². The summed E-state index contributed by atoms with van der Waals surface area (Å²) < 4.78 is 0. The van der Waals surface area contributed by atoms with Gasteiger partial charge in [-0.15, -0.1) is 0 Å². The van der Waals surface area contributed by atoms with Gasteiger partial charge in [0.15, 0.2) is 0 Å². The van der Waals surface area contributed by atoms with E-state index in [2.05, 4.69) is 23.2 Å².